The molecule has 6 nitrogen and oxygen atoms in total. The number of hydrogen-bond acceptors (Lipinski definition) is 4. The summed E-state index contributed by atoms with van der Waals surface area (Å²) in [7, 11) is 0. The molecule has 1 N–H and O–H groups in total. The van der Waals surface area contributed by atoms with Crippen molar-refractivity contribution in [2.24, 2.45) is 11.0 Å². The van der Waals surface area contributed by atoms with Crippen molar-refractivity contribution in [3.63, 3.8) is 0 Å². The van der Waals surface area contributed by atoms with Crippen molar-refractivity contribution in [1.29, 1.82) is 0 Å². The molecule has 2 aliphatic rings. The third-order valence-electron chi connectivity index (χ3n) is 4.48. The van der Waals surface area contributed by atoms with Gasteiger partial charge in [0.05, 0.1) is 28.6 Å². The molecule has 0 aromatic carbocycles. The Labute approximate surface area is 158 Å². The second-order valence-corrected chi connectivity index (χ2v) is 7.23. The van der Waals surface area contributed by atoms with E-state index in [2.05, 4.69) is 31.3 Å². The van der Waals surface area contributed by atoms with Gasteiger partial charge in [-0.1, -0.05) is 22.0 Å². The Kier molecular flexibility index (Phi) is 4.14. The number of fused-ring (bicyclic) bond motifs is 2. The summed E-state index contributed by atoms with van der Waals surface area (Å²) < 4.78 is 16.8. The number of aromatic nitrogens is 2. The van der Waals surface area contributed by atoms with Crippen LogP contribution in [0.5, 0.6) is 0 Å². The zero-order valence-corrected chi connectivity index (χ0v) is 15.9. The van der Waals surface area contributed by atoms with E-state index in [1.165, 1.54) is 6.07 Å². The number of nitrogens with zero attached hydrogens (tertiary/aromatic N) is 4. The Morgan fingerprint density at radius 3 is 3.00 bits per heavy atom. The third kappa shape index (κ3) is 2.84. The number of carbonyl (C=O) groups is 1. The molecule has 3 heterocycles. The monoisotopic (exact) mass is 417 g/mol. The predicted molar refractivity (Wildman–Crippen MR) is 102 cm³/mol. The Hall–Kier alpha value is -2.48. The number of imidazole rings is 1. The molecule has 0 radical (unpaired) electrons. The van der Waals surface area contributed by atoms with Crippen molar-refractivity contribution in [3.05, 3.63) is 52.2 Å². The molecule has 1 amide bonds. The van der Waals surface area contributed by atoms with Gasteiger partial charge in [0, 0.05) is 36.0 Å². The van der Waals surface area contributed by atoms with Crippen LogP contribution in [-0.2, 0) is 4.79 Å². The van der Waals surface area contributed by atoms with E-state index < -0.39 is 5.82 Å². The van der Waals surface area contributed by atoms with Gasteiger partial charge in [0.15, 0.2) is 11.5 Å². The molecule has 134 valence electrons. The average Bonchev–Trinajstić information content (AvgIpc) is 3.19. The van der Waals surface area contributed by atoms with Gasteiger partial charge in [-0.3, -0.25) is 9.80 Å². The second kappa shape index (κ2) is 6.35. The van der Waals surface area contributed by atoms with Gasteiger partial charge in [-0.15, -0.1) is 0 Å². The number of hydrogen-bond donors (Lipinski definition) is 1. The fourth-order valence-corrected chi connectivity index (χ4v) is 3.72. The van der Waals surface area contributed by atoms with E-state index in [1.807, 2.05) is 18.0 Å². The molecular weight excluding hydrogens is 401 g/mol. The van der Waals surface area contributed by atoms with Gasteiger partial charge >= 0.3 is 0 Å². The van der Waals surface area contributed by atoms with Crippen LogP contribution in [0.3, 0.4) is 0 Å². The molecule has 1 atom stereocenters. The van der Waals surface area contributed by atoms with Crippen molar-refractivity contribution in [1.82, 2.24) is 14.4 Å². The lowest BCUT2D eigenvalue weighted by molar-refractivity contribution is -0.112. The molecular formula is C18H17BrFN5O. The topological polar surface area (TPSA) is 62.0 Å². The summed E-state index contributed by atoms with van der Waals surface area (Å²) in [6.07, 6.45) is 6.98. The lowest BCUT2D eigenvalue weighted by Gasteiger charge is -2.18. The largest absolute Gasteiger partial charge is 0.320 e. The molecule has 2 aromatic rings. The fraction of sp³-hybridized carbons (Fsp3) is 0.278. The first-order chi connectivity index (χ1) is 12.5. The van der Waals surface area contributed by atoms with Crippen molar-refractivity contribution >= 4 is 38.9 Å². The van der Waals surface area contributed by atoms with Crippen LogP contribution in [0.1, 0.15) is 12.6 Å². The average molecular weight is 418 g/mol. The van der Waals surface area contributed by atoms with Crippen LogP contribution in [0.2, 0.25) is 0 Å². The first kappa shape index (κ1) is 17.0. The summed E-state index contributed by atoms with van der Waals surface area (Å²) in [6.45, 7) is 5.33. The van der Waals surface area contributed by atoms with Crippen LogP contribution < -0.4 is 5.32 Å². The van der Waals surface area contributed by atoms with Crippen LogP contribution in [0.15, 0.2) is 45.8 Å². The van der Waals surface area contributed by atoms with Crippen molar-refractivity contribution < 1.29 is 9.18 Å². The maximum Gasteiger partial charge on any atom is 0.257 e. The number of rotatable bonds is 3. The molecule has 0 fully saturated rings. The summed E-state index contributed by atoms with van der Waals surface area (Å²) in [5.41, 5.74) is 2.55. The van der Waals surface area contributed by atoms with Crippen LogP contribution >= 0.6 is 15.9 Å². The standard InChI is InChI=1S/C18H17BrFN5O/c1-3-25-9-13-14(19)5-4-12(16(13)23-25)18(26)22-11-6-15(20)17-21-10(2)7-24(17)8-11/h4-8,13H,3,9H2,1-2H3,(H,22,26). The number of halogens is 2. The maximum absolute atomic E-state index is 14.2. The summed E-state index contributed by atoms with van der Waals surface area (Å²) in [4.78, 5) is 16.9. The number of amides is 1. The zero-order chi connectivity index (χ0) is 18.4. The minimum Gasteiger partial charge on any atom is -0.320 e. The van der Waals surface area contributed by atoms with Gasteiger partial charge in [0.25, 0.3) is 5.91 Å². The van der Waals surface area contributed by atoms with Gasteiger partial charge in [0.2, 0.25) is 0 Å². The van der Waals surface area contributed by atoms with E-state index in [9.17, 15) is 9.18 Å². The van der Waals surface area contributed by atoms with Crippen molar-refractivity contribution in [2.45, 2.75) is 13.8 Å². The maximum atomic E-state index is 14.2. The molecule has 0 bridgehead atoms. The van der Waals surface area contributed by atoms with Crippen LogP contribution in [-0.4, -0.2) is 39.1 Å². The highest BCUT2D eigenvalue weighted by atomic mass is 79.9. The number of hydrazone groups is 1. The molecule has 2 aromatic heterocycles. The van der Waals surface area contributed by atoms with Crippen LogP contribution in [0.25, 0.3) is 5.65 Å². The summed E-state index contributed by atoms with van der Waals surface area (Å²) in [6, 6.07) is 1.28. The number of nitrogens with one attached hydrogen (secondary N) is 1. The molecule has 0 spiro atoms. The molecule has 8 heteroatoms. The SMILES string of the molecule is CCN1CC2C(Br)=CC=C(C(=O)Nc3cc(F)c4nc(C)cn4c3)C2=N1. The van der Waals surface area contributed by atoms with Crippen molar-refractivity contribution in [3.8, 4) is 0 Å². The van der Waals surface area contributed by atoms with Crippen LogP contribution in [0.4, 0.5) is 10.1 Å². The summed E-state index contributed by atoms with van der Waals surface area (Å²) in [5, 5.41) is 9.26. The van der Waals surface area contributed by atoms with E-state index in [0.717, 1.165) is 23.3 Å². The Balaban J connectivity index is 1.64. The van der Waals surface area contributed by atoms with E-state index in [-0.39, 0.29) is 17.5 Å². The third-order valence-corrected chi connectivity index (χ3v) is 5.30. The quantitative estimate of drug-likeness (QED) is 0.833. The fourth-order valence-electron chi connectivity index (χ4n) is 3.22. The first-order valence-corrected chi connectivity index (χ1v) is 9.13. The van der Waals surface area contributed by atoms with Crippen LogP contribution in [0, 0.1) is 18.7 Å². The normalized spacial score (nSPS) is 19.2. The van der Waals surface area contributed by atoms with Gasteiger partial charge in [0.1, 0.15) is 0 Å². The van der Waals surface area contributed by atoms with Gasteiger partial charge in [-0.05, 0) is 19.9 Å². The number of aryl methyl sites for hydroxylation is 1. The van der Waals surface area contributed by atoms with Gasteiger partial charge < -0.3 is 9.72 Å². The highest BCUT2D eigenvalue weighted by Gasteiger charge is 2.35. The summed E-state index contributed by atoms with van der Waals surface area (Å²) in [5.74, 6) is -0.737. The van der Waals surface area contributed by atoms with Gasteiger partial charge in [-0.25, -0.2) is 9.37 Å². The number of pyridine rings is 1. The van der Waals surface area contributed by atoms with E-state index in [1.54, 1.807) is 29.8 Å². The van der Waals surface area contributed by atoms with E-state index in [4.69, 9.17) is 0 Å². The minimum absolute atomic E-state index is 0.0521. The Morgan fingerprint density at radius 2 is 2.23 bits per heavy atom. The number of carbonyl (C=O) groups excluding carboxylic acids is 1. The smallest absolute Gasteiger partial charge is 0.257 e. The number of anilines is 1. The Bertz CT molecular complexity index is 1010. The molecule has 0 saturated carbocycles. The predicted octanol–water partition coefficient (Wildman–Crippen LogP) is 3.25. The minimum atomic E-state index is -0.482. The first-order valence-electron chi connectivity index (χ1n) is 8.33. The number of allylic oxidation sites excluding steroid dienone is 2. The van der Waals surface area contributed by atoms with Gasteiger partial charge in [-0.2, -0.15) is 5.10 Å². The molecule has 1 unspecified atom stereocenters. The molecule has 1 aliphatic heterocycles. The second-order valence-electron chi connectivity index (χ2n) is 6.32. The molecule has 0 saturated heterocycles. The lowest BCUT2D eigenvalue weighted by Crippen LogP contribution is -2.27. The molecule has 1 aliphatic carbocycles. The zero-order valence-electron chi connectivity index (χ0n) is 14.3. The molecule has 26 heavy (non-hydrogen) atoms. The highest BCUT2D eigenvalue weighted by molar-refractivity contribution is 9.11. The van der Waals surface area contributed by atoms with E-state index in [0.29, 0.717) is 17.0 Å². The highest BCUT2D eigenvalue weighted by Crippen LogP contribution is 2.33. The summed E-state index contributed by atoms with van der Waals surface area (Å²) >= 11 is 3.55. The molecule has 4 rings (SSSR count). The lowest BCUT2D eigenvalue weighted by atomic mass is 9.92. The van der Waals surface area contributed by atoms with Crippen molar-refractivity contribution in [2.75, 3.05) is 18.4 Å². The Morgan fingerprint density at radius 1 is 1.42 bits per heavy atom. The van der Waals surface area contributed by atoms with E-state index >= 15 is 0 Å².